The SMILES string of the molecule is CCc1ccc(NC(=S)NC2CCN(Cc3ccc(Cl)cc3)CC2)cc1. The van der Waals surface area contributed by atoms with E-state index in [4.69, 9.17) is 23.8 Å². The second-order valence-corrected chi connectivity index (χ2v) is 7.67. The van der Waals surface area contributed by atoms with Gasteiger partial charge in [0.05, 0.1) is 0 Å². The Balaban J connectivity index is 1.41. The van der Waals surface area contributed by atoms with Gasteiger partial charge in [0.1, 0.15) is 0 Å². The van der Waals surface area contributed by atoms with Crippen molar-refractivity contribution in [1.29, 1.82) is 0 Å². The molecular weight excluding hydrogens is 362 g/mol. The highest BCUT2D eigenvalue weighted by Gasteiger charge is 2.19. The fourth-order valence-electron chi connectivity index (χ4n) is 3.26. The summed E-state index contributed by atoms with van der Waals surface area (Å²) in [6.45, 7) is 5.30. The summed E-state index contributed by atoms with van der Waals surface area (Å²) in [4.78, 5) is 2.49. The number of halogens is 1. The topological polar surface area (TPSA) is 27.3 Å². The number of hydrogen-bond acceptors (Lipinski definition) is 2. The molecule has 5 heteroatoms. The summed E-state index contributed by atoms with van der Waals surface area (Å²) in [5, 5.41) is 8.26. The molecule has 0 bridgehead atoms. The molecule has 1 aliphatic heterocycles. The molecule has 1 aliphatic rings. The number of anilines is 1. The molecule has 1 fully saturated rings. The third kappa shape index (κ3) is 5.70. The lowest BCUT2D eigenvalue weighted by atomic mass is 10.0. The molecule has 0 radical (unpaired) electrons. The van der Waals surface area contributed by atoms with Crippen LogP contribution in [-0.4, -0.2) is 29.1 Å². The predicted molar refractivity (Wildman–Crippen MR) is 115 cm³/mol. The van der Waals surface area contributed by atoms with Crippen LogP contribution in [0.5, 0.6) is 0 Å². The normalized spacial score (nSPS) is 15.6. The Kier molecular flexibility index (Phi) is 6.89. The molecule has 2 N–H and O–H groups in total. The number of rotatable bonds is 5. The predicted octanol–water partition coefficient (Wildman–Crippen LogP) is 4.85. The van der Waals surface area contributed by atoms with Crippen molar-refractivity contribution >= 4 is 34.6 Å². The van der Waals surface area contributed by atoms with E-state index >= 15 is 0 Å². The Morgan fingerprint density at radius 1 is 1.04 bits per heavy atom. The number of aryl methyl sites for hydroxylation is 1. The number of hydrogen-bond donors (Lipinski definition) is 2. The minimum Gasteiger partial charge on any atom is -0.360 e. The van der Waals surface area contributed by atoms with E-state index in [0.29, 0.717) is 11.2 Å². The van der Waals surface area contributed by atoms with Gasteiger partial charge in [-0.3, -0.25) is 4.90 Å². The van der Waals surface area contributed by atoms with Crippen molar-refractivity contribution in [2.45, 2.75) is 38.8 Å². The van der Waals surface area contributed by atoms with E-state index in [1.165, 1.54) is 11.1 Å². The van der Waals surface area contributed by atoms with Crippen LogP contribution in [0.4, 0.5) is 5.69 Å². The van der Waals surface area contributed by atoms with Crippen molar-refractivity contribution in [3.05, 3.63) is 64.7 Å². The summed E-state index contributed by atoms with van der Waals surface area (Å²) >= 11 is 11.4. The molecule has 0 atom stereocenters. The molecule has 0 saturated carbocycles. The molecule has 0 spiro atoms. The van der Waals surface area contributed by atoms with Gasteiger partial charge in [-0.15, -0.1) is 0 Å². The Bertz CT molecular complexity index is 707. The van der Waals surface area contributed by atoms with Crippen molar-refractivity contribution in [1.82, 2.24) is 10.2 Å². The van der Waals surface area contributed by atoms with Crippen LogP contribution in [-0.2, 0) is 13.0 Å². The number of thiocarbonyl (C=S) groups is 1. The summed E-state index contributed by atoms with van der Waals surface area (Å²) in [6, 6.07) is 17.0. The molecule has 0 unspecified atom stereocenters. The second-order valence-electron chi connectivity index (χ2n) is 6.83. The smallest absolute Gasteiger partial charge is 0.170 e. The Morgan fingerprint density at radius 2 is 1.65 bits per heavy atom. The van der Waals surface area contributed by atoms with Crippen LogP contribution in [0.25, 0.3) is 0 Å². The number of benzene rings is 2. The largest absolute Gasteiger partial charge is 0.360 e. The lowest BCUT2D eigenvalue weighted by Crippen LogP contribution is -2.45. The van der Waals surface area contributed by atoms with Crippen LogP contribution >= 0.6 is 23.8 Å². The maximum absolute atomic E-state index is 5.96. The number of likely N-dealkylation sites (tertiary alicyclic amines) is 1. The van der Waals surface area contributed by atoms with Gasteiger partial charge >= 0.3 is 0 Å². The first-order valence-corrected chi connectivity index (χ1v) is 10.0. The van der Waals surface area contributed by atoms with Gasteiger partial charge in [-0.05, 0) is 66.9 Å². The fraction of sp³-hybridized carbons (Fsp3) is 0.381. The van der Waals surface area contributed by atoms with Gasteiger partial charge in [-0.1, -0.05) is 42.8 Å². The van der Waals surface area contributed by atoms with Gasteiger partial charge in [-0.25, -0.2) is 0 Å². The van der Waals surface area contributed by atoms with E-state index < -0.39 is 0 Å². The summed E-state index contributed by atoms with van der Waals surface area (Å²) < 4.78 is 0. The molecule has 3 nitrogen and oxygen atoms in total. The highest BCUT2D eigenvalue weighted by Crippen LogP contribution is 2.16. The van der Waals surface area contributed by atoms with Crippen LogP contribution in [0.2, 0.25) is 5.02 Å². The highest BCUT2D eigenvalue weighted by molar-refractivity contribution is 7.80. The average molecular weight is 388 g/mol. The molecule has 1 heterocycles. The first kappa shape index (κ1) is 19.2. The quantitative estimate of drug-likeness (QED) is 0.717. The van der Waals surface area contributed by atoms with Gasteiger partial charge in [0.25, 0.3) is 0 Å². The van der Waals surface area contributed by atoms with Crippen molar-refractivity contribution in [2.75, 3.05) is 18.4 Å². The maximum atomic E-state index is 5.96. The lowest BCUT2D eigenvalue weighted by Gasteiger charge is -2.33. The average Bonchev–Trinajstić information content (AvgIpc) is 2.66. The standard InChI is InChI=1S/C21H26ClN3S/c1-2-16-5-9-19(10-6-16)23-21(26)24-20-11-13-25(14-12-20)15-17-3-7-18(22)8-4-17/h3-10,20H,2,11-15H2,1H3,(H2,23,24,26). The van der Waals surface area contributed by atoms with Gasteiger partial charge in [0, 0.05) is 36.4 Å². The van der Waals surface area contributed by atoms with Crippen molar-refractivity contribution < 1.29 is 0 Å². The van der Waals surface area contributed by atoms with Gasteiger partial charge in [-0.2, -0.15) is 0 Å². The zero-order chi connectivity index (χ0) is 18.4. The second kappa shape index (κ2) is 9.36. The molecule has 3 rings (SSSR count). The molecule has 2 aromatic rings. The molecular formula is C21H26ClN3S. The molecule has 1 saturated heterocycles. The third-order valence-corrected chi connectivity index (χ3v) is 5.33. The van der Waals surface area contributed by atoms with Crippen LogP contribution in [0.3, 0.4) is 0 Å². The molecule has 0 amide bonds. The van der Waals surface area contributed by atoms with Crippen LogP contribution < -0.4 is 10.6 Å². The summed E-state index contributed by atoms with van der Waals surface area (Å²) in [7, 11) is 0. The summed E-state index contributed by atoms with van der Waals surface area (Å²) in [5.41, 5.74) is 3.69. The van der Waals surface area contributed by atoms with Crippen LogP contribution in [0.1, 0.15) is 30.9 Å². The fourth-order valence-corrected chi connectivity index (χ4v) is 3.67. The minimum atomic E-state index is 0.436. The molecule has 138 valence electrons. The zero-order valence-electron chi connectivity index (χ0n) is 15.2. The van der Waals surface area contributed by atoms with Crippen molar-refractivity contribution in [2.24, 2.45) is 0 Å². The van der Waals surface area contributed by atoms with Gasteiger partial charge in [0.15, 0.2) is 5.11 Å². The van der Waals surface area contributed by atoms with E-state index in [1.807, 2.05) is 12.1 Å². The number of nitrogens with zero attached hydrogens (tertiary/aromatic N) is 1. The molecule has 2 aromatic carbocycles. The molecule has 0 aliphatic carbocycles. The Hall–Kier alpha value is -1.62. The van der Waals surface area contributed by atoms with E-state index in [-0.39, 0.29) is 0 Å². The number of piperidine rings is 1. The molecule has 26 heavy (non-hydrogen) atoms. The zero-order valence-corrected chi connectivity index (χ0v) is 16.7. The lowest BCUT2D eigenvalue weighted by molar-refractivity contribution is 0.199. The van der Waals surface area contributed by atoms with Crippen LogP contribution in [0.15, 0.2) is 48.5 Å². The maximum Gasteiger partial charge on any atom is 0.170 e. The van der Waals surface area contributed by atoms with Crippen molar-refractivity contribution in [3.63, 3.8) is 0 Å². The van der Waals surface area contributed by atoms with E-state index in [9.17, 15) is 0 Å². The van der Waals surface area contributed by atoms with E-state index in [1.54, 1.807) is 0 Å². The number of nitrogens with one attached hydrogen (secondary N) is 2. The van der Waals surface area contributed by atoms with Gasteiger partial charge < -0.3 is 10.6 Å². The third-order valence-electron chi connectivity index (χ3n) is 4.86. The van der Waals surface area contributed by atoms with Gasteiger partial charge in [0.2, 0.25) is 0 Å². The van der Waals surface area contributed by atoms with E-state index in [2.05, 4.69) is 58.9 Å². The monoisotopic (exact) mass is 387 g/mol. The molecule has 0 aromatic heterocycles. The Morgan fingerprint density at radius 3 is 2.27 bits per heavy atom. The first-order chi connectivity index (χ1) is 12.6. The highest BCUT2D eigenvalue weighted by atomic mass is 35.5. The summed E-state index contributed by atoms with van der Waals surface area (Å²) in [6.07, 6.45) is 3.26. The van der Waals surface area contributed by atoms with Crippen LogP contribution in [0, 0.1) is 0 Å². The first-order valence-electron chi connectivity index (χ1n) is 9.25. The van der Waals surface area contributed by atoms with Crippen molar-refractivity contribution in [3.8, 4) is 0 Å². The summed E-state index contributed by atoms with van der Waals surface area (Å²) in [5.74, 6) is 0. The Labute approximate surface area is 166 Å². The minimum absolute atomic E-state index is 0.436. The van der Waals surface area contributed by atoms with E-state index in [0.717, 1.165) is 49.6 Å².